The second-order valence-corrected chi connectivity index (χ2v) is 5.02. The fourth-order valence-corrected chi connectivity index (χ4v) is 2.16. The molecule has 0 rings (SSSR count). The molecule has 0 amide bonds. The molecule has 0 saturated heterocycles. The minimum absolute atomic E-state index is 0.313. The molecule has 2 heteroatoms. The van der Waals surface area contributed by atoms with Crippen LogP contribution in [0.4, 0.5) is 0 Å². The van der Waals surface area contributed by atoms with Crippen molar-refractivity contribution >= 4 is 17.9 Å². The predicted molar refractivity (Wildman–Crippen MR) is 72.1 cm³/mol. The molecule has 0 aromatic carbocycles. The van der Waals surface area contributed by atoms with Gasteiger partial charge in [-0.15, -0.1) is 11.6 Å². The van der Waals surface area contributed by atoms with Gasteiger partial charge >= 0.3 is 0 Å². The number of aldehydes is 1. The van der Waals surface area contributed by atoms with Crippen molar-refractivity contribution in [3.63, 3.8) is 0 Å². The molecule has 0 radical (unpaired) electrons. The van der Waals surface area contributed by atoms with Crippen LogP contribution in [0.25, 0.3) is 0 Å². The Labute approximate surface area is 106 Å². The minimum atomic E-state index is 0.313. The zero-order chi connectivity index (χ0) is 12.1. The summed E-state index contributed by atoms with van der Waals surface area (Å²) in [7, 11) is 0. The number of hydrogen-bond acceptors (Lipinski definition) is 1. The fourth-order valence-electron chi connectivity index (χ4n) is 1.97. The van der Waals surface area contributed by atoms with E-state index in [1.165, 1.54) is 44.9 Å². The van der Waals surface area contributed by atoms with Gasteiger partial charge in [0.05, 0.1) is 0 Å². The van der Waals surface area contributed by atoms with Gasteiger partial charge in [-0.3, -0.25) is 0 Å². The lowest BCUT2D eigenvalue weighted by Crippen LogP contribution is -2.02. The third kappa shape index (κ3) is 10.5. The van der Waals surface area contributed by atoms with Crippen LogP contribution < -0.4 is 0 Å². The Morgan fingerprint density at radius 3 is 2.00 bits per heavy atom. The molecule has 0 N–H and O–H groups in total. The summed E-state index contributed by atoms with van der Waals surface area (Å²) in [5.41, 5.74) is 0. The predicted octanol–water partition coefficient (Wildman–Crippen LogP) is 4.96. The van der Waals surface area contributed by atoms with E-state index in [-0.39, 0.29) is 0 Å². The molecule has 0 bridgehead atoms. The van der Waals surface area contributed by atoms with Gasteiger partial charge in [-0.1, -0.05) is 51.9 Å². The van der Waals surface area contributed by atoms with Crippen molar-refractivity contribution in [1.29, 1.82) is 0 Å². The van der Waals surface area contributed by atoms with Crippen LogP contribution in [-0.4, -0.2) is 12.2 Å². The molecule has 0 aliphatic rings. The van der Waals surface area contributed by atoms with Crippen molar-refractivity contribution in [2.24, 2.45) is 5.92 Å². The summed E-state index contributed by atoms with van der Waals surface area (Å²) < 4.78 is 0. The van der Waals surface area contributed by atoms with Crippen LogP contribution in [0.1, 0.15) is 71.1 Å². The Balaban J connectivity index is 3.33. The first-order chi connectivity index (χ1) is 7.85. The van der Waals surface area contributed by atoms with Crippen molar-refractivity contribution < 1.29 is 4.79 Å². The number of alkyl halides is 1. The van der Waals surface area contributed by atoms with Crippen LogP contribution in [-0.2, 0) is 4.79 Å². The number of carbonyl (C=O) groups excluding carboxylic acids is 1. The third-order valence-corrected chi connectivity index (χ3v) is 3.35. The number of halogens is 1. The van der Waals surface area contributed by atoms with Gasteiger partial charge in [0, 0.05) is 11.8 Å². The highest BCUT2D eigenvalue weighted by atomic mass is 35.5. The van der Waals surface area contributed by atoms with E-state index in [0.717, 1.165) is 31.4 Å². The Hall–Kier alpha value is -0.0400. The zero-order valence-corrected chi connectivity index (χ0v) is 11.5. The first-order valence-electron chi connectivity index (χ1n) is 6.86. The van der Waals surface area contributed by atoms with Crippen LogP contribution in [0.2, 0.25) is 0 Å². The summed E-state index contributed by atoms with van der Waals surface area (Å²) in [6, 6.07) is 0. The lowest BCUT2D eigenvalue weighted by Gasteiger charge is -2.09. The first-order valence-corrected chi connectivity index (χ1v) is 7.39. The number of unbranched alkanes of at least 4 members (excludes halogenated alkanes) is 6. The molecule has 16 heavy (non-hydrogen) atoms. The fraction of sp³-hybridized carbons (Fsp3) is 0.929. The standard InChI is InChI=1S/C14H27ClO/c1-2-3-4-7-10-14(13-16)11-8-5-6-9-12-15/h13-14H,2-12H2,1H3. The quantitative estimate of drug-likeness (QED) is 0.270. The second kappa shape index (κ2) is 13.0. The number of rotatable bonds is 12. The van der Waals surface area contributed by atoms with Crippen LogP contribution in [0.5, 0.6) is 0 Å². The minimum Gasteiger partial charge on any atom is -0.303 e. The zero-order valence-electron chi connectivity index (χ0n) is 10.7. The molecular weight excluding hydrogens is 220 g/mol. The third-order valence-electron chi connectivity index (χ3n) is 3.08. The summed E-state index contributed by atoms with van der Waals surface area (Å²) in [4.78, 5) is 10.9. The summed E-state index contributed by atoms with van der Waals surface area (Å²) in [6.45, 7) is 2.22. The van der Waals surface area contributed by atoms with Crippen LogP contribution in [0.3, 0.4) is 0 Å². The highest BCUT2D eigenvalue weighted by molar-refractivity contribution is 6.17. The van der Waals surface area contributed by atoms with E-state index < -0.39 is 0 Å². The average molecular weight is 247 g/mol. The summed E-state index contributed by atoms with van der Waals surface area (Å²) in [5, 5.41) is 0. The van der Waals surface area contributed by atoms with Gasteiger partial charge in [-0.2, -0.15) is 0 Å². The lowest BCUT2D eigenvalue weighted by atomic mass is 9.96. The summed E-state index contributed by atoms with van der Waals surface area (Å²) >= 11 is 5.61. The van der Waals surface area contributed by atoms with Crippen LogP contribution in [0.15, 0.2) is 0 Å². The van der Waals surface area contributed by atoms with Crippen molar-refractivity contribution in [3.05, 3.63) is 0 Å². The molecule has 0 spiro atoms. The van der Waals surface area contributed by atoms with E-state index in [1.54, 1.807) is 0 Å². The first kappa shape index (κ1) is 16.0. The average Bonchev–Trinajstić information content (AvgIpc) is 2.31. The second-order valence-electron chi connectivity index (χ2n) is 4.64. The van der Waals surface area contributed by atoms with Gasteiger partial charge in [0.1, 0.15) is 6.29 Å². The number of hydrogen-bond donors (Lipinski definition) is 0. The van der Waals surface area contributed by atoms with E-state index in [2.05, 4.69) is 6.92 Å². The Morgan fingerprint density at radius 1 is 0.938 bits per heavy atom. The monoisotopic (exact) mass is 246 g/mol. The molecule has 1 nitrogen and oxygen atoms in total. The molecule has 0 aromatic heterocycles. The molecule has 0 fully saturated rings. The van der Waals surface area contributed by atoms with E-state index in [0.29, 0.717) is 5.92 Å². The Morgan fingerprint density at radius 2 is 1.50 bits per heavy atom. The molecule has 1 atom stereocenters. The van der Waals surface area contributed by atoms with Crippen molar-refractivity contribution in [1.82, 2.24) is 0 Å². The topological polar surface area (TPSA) is 17.1 Å². The summed E-state index contributed by atoms with van der Waals surface area (Å²) in [6.07, 6.45) is 13.2. The van der Waals surface area contributed by atoms with Crippen LogP contribution >= 0.6 is 11.6 Å². The van der Waals surface area contributed by atoms with E-state index in [9.17, 15) is 4.79 Å². The van der Waals surface area contributed by atoms with Gasteiger partial charge in [0.25, 0.3) is 0 Å². The van der Waals surface area contributed by atoms with Crippen molar-refractivity contribution in [2.45, 2.75) is 71.1 Å². The highest BCUT2D eigenvalue weighted by Gasteiger charge is 2.06. The maximum absolute atomic E-state index is 10.9. The van der Waals surface area contributed by atoms with Gasteiger partial charge in [-0.25, -0.2) is 0 Å². The maximum Gasteiger partial charge on any atom is 0.123 e. The molecule has 96 valence electrons. The Bertz CT molecular complexity index is 148. The molecule has 0 aromatic rings. The van der Waals surface area contributed by atoms with Gasteiger partial charge in [0.2, 0.25) is 0 Å². The maximum atomic E-state index is 10.9. The smallest absolute Gasteiger partial charge is 0.123 e. The highest BCUT2D eigenvalue weighted by Crippen LogP contribution is 2.16. The molecule has 0 aliphatic carbocycles. The lowest BCUT2D eigenvalue weighted by molar-refractivity contribution is -0.111. The van der Waals surface area contributed by atoms with Gasteiger partial charge in [-0.05, 0) is 19.3 Å². The SMILES string of the molecule is CCCCCCC(C=O)CCCCCCCl. The molecule has 0 saturated carbocycles. The van der Waals surface area contributed by atoms with E-state index in [4.69, 9.17) is 11.6 Å². The van der Waals surface area contributed by atoms with Crippen molar-refractivity contribution in [2.75, 3.05) is 5.88 Å². The molecular formula is C14H27ClO. The summed E-state index contributed by atoms with van der Waals surface area (Å²) in [5.74, 6) is 1.08. The largest absolute Gasteiger partial charge is 0.303 e. The molecule has 0 aliphatic heterocycles. The Kier molecular flexibility index (Phi) is 13.0. The molecule has 1 unspecified atom stereocenters. The number of carbonyl (C=O) groups is 1. The van der Waals surface area contributed by atoms with E-state index >= 15 is 0 Å². The van der Waals surface area contributed by atoms with Crippen LogP contribution in [0, 0.1) is 5.92 Å². The normalized spacial score (nSPS) is 12.6. The van der Waals surface area contributed by atoms with Gasteiger partial charge < -0.3 is 4.79 Å². The molecule has 0 heterocycles. The van der Waals surface area contributed by atoms with Gasteiger partial charge in [0.15, 0.2) is 0 Å². The van der Waals surface area contributed by atoms with Crippen molar-refractivity contribution in [3.8, 4) is 0 Å². The van der Waals surface area contributed by atoms with E-state index in [1.807, 2.05) is 0 Å².